The number of rotatable bonds is 5. The minimum Gasteiger partial charge on any atom is -0.494 e. The molecule has 2 rings (SSSR count). The third-order valence-corrected chi connectivity index (χ3v) is 3.94. The number of ether oxygens (including phenoxy) is 1. The summed E-state index contributed by atoms with van der Waals surface area (Å²) in [4.78, 5) is 1.39. The Morgan fingerprint density at radius 2 is 2.00 bits per heavy atom. The lowest BCUT2D eigenvalue weighted by Crippen LogP contribution is -2.01. The van der Waals surface area contributed by atoms with Gasteiger partial charge in [0.05, 0.1) is 6.61 Å². The van der Waals surface area contributed by atoms with Gasteiger partial charge in [0.15, 0.2) is 0 Å². The van der Waals surface area contributed by atoms with Crippen molar-refractivity contribution in [1.29, 1.82) is 0 Å². The van der Waals surface area contributed by atoms with Crippen LogP contribution in [0.15, 0.2) is 29.6 Å². The monoisotopic (exact) mass is 261 g/mol. The Hall–Kier alpha value is -1.48. The fourth-order valence-electron chi connectivity index (χ4n) is 1.85. The van der Waals surface area contributed by atoms with E-state index in [-0.39, 0.29) is 0 Å². The molecular formula is C15H19NOS. The Morgan fingerprint density at radius 3 is 2.61 bits per heavy atom. The van der Waals surface area contributed by atoms with Crippen LogP contribution < -0.4 is 10.1 Å². The van der Waals surface area contributed by atoms with E-state index >= 15 is 0 Å². The van der Waals surface area contributed by atoms with Gasteiger partial charge in [0, 0.05) is 17.1 Å². The van der Waals surface area contributed by atoms with E-state index in [1.54, 1.807) is 11.3 Å². The zero-order valence-corrected chi connectivity index (χ0v) is 11.9. The highest BCUT2D eigenvalue weighted by atomic mass is 32.1. The average Bonchev–Trinajstić information content (AvgIpc) is 2.74. The van der Waals surface area contributed by atoms with Crippen molar-refractivity contribution in [2.75, 3.05) is 11.9 Å². The van der Waals surface area contributed by atoms with Crippen LogP contribution in [-0.4, -0.2) is 6.61 Å². The van der Waals surface area contributed by atoms with Gasteiger partial charge in [-0.15, -0.1) is 11.3 Å². The molecule has 0 bridgehead atoms. The molecule has 96 valence electrons. The number of hydrogen-bond donors (Lipinski definition) is 1. The van der Waals surface area contributed by atoms with Gasteiger partial charge in [-0.2, -0.15) is 0 Å². The lowest BCUT2D eigenvalue weighted by molar-refractivity contribution is 0.340. The zero-order chi connectivity index (χ0) is 13.0. The molecule has 0 spiro atoms. The van der Waals surface area contributed by atoms with Crippen molar-refractivity contribution < 1.29 is 4.74 Å². The van der Waals surface area contributed by atoms with Crippen LogP contribution in [0.4, 0.5) is 5.69 Å². The largest absolute Gasteiger partial charge is 0.494 e. The van der Waals surface area contributed by atoms with E-state index in [4.69, 9.17) is 4.74 Å². The first-order valence-corrected chi connectivity index (χ1v) is 7.09. The SMILES string of the molecule is CCOc1ccc(NCc2sccc2C)c(C)c1. The van der Waals surface area contributed by atoms with Crippen LogP contribution in [0, 0.1) is 13.8 Å². The summed E-state index contributed by atoms with van der Waals surface area (Å²) < 4.78 is 5.49. The van der Waals surface area contributed by atoms with Gasteiger partial charge < -0.3 is 10.1 Å². The van der Waals surface area contributed by atoms with Crippen LogP contribution in [0.3, 0.4) is 0 Å². The molecule has 0 saturated carbocycles. The summed E-state index contributed by atoms with van der Waals surface area (Å²) >= 11 is 1.80. The minimum atomic E-state index is 0.709. The molecule has 2 nitrogen and oxygen atoms in total. The number of thiophene rings is 1. The summed E-state index contributed by atoms with van der Waals surface area (Å²) in [6.45, 7) is 7.85. The molecule has 0 unspecified atom stereocenters. The fraction of sp³-hybridized carbons (Fsp3) is 0.333. The molecule has 1 heterocycles. The van der Waals surface area contributed by atoms with E-state index in [1.807, 2.05) is 13.0 Å². The first kappa shape index (κ1) is 13.0. The molecule has 0 aliphatic carbocycles. The highest BCUT2D eigenvalue weighted by Gasteiger charge is 2.03. The maximum atomic E-state index is 5.49. The Morgan fingerprint density at radius 1 is 1.17 bits per heavy atom. The van der Waals surface area contributed by atoms with E-state index in [0.29, 0.717) is 6.61 Å². The third kappa shape index (κ3) is 3.05. The van der Waals surface area contributed by atoms with E-state index in [0.717, 1.165) is 12.3 Å². The summed E-state index contributed by atoms with van der Waals surface area (Å²) in [5.74, 6) is 0.938. The maximum Gasteiger partial charge on any atom is 0.119 e. The Balaban J connectivity index is 2.03. The van der Waals surface area contributed by atoms with Crippen LogP contribution >= 0.6 is 11.3 Å². The maximum absolute atomic E-state index is 5.49. The molecule has 0 saturated heterocycles. The second-order valence-corrected chi connectivity index (χ2v) is 5.29. The number of benzene rings is 1. The van der Waals surface area contributed by atoms with Crippen molar-refractivity contribution in [3.63, 3.8) is 0 Å². The van der Waals surface area contributed by atoms with Crippen molar-refractivity contribution in [1.82, 2.24) is 0 Å². The zero-order valence-electron chi connectivity index (χ0n) is 11.1. The smallest absolute Gasteiger partial charge is 0.119 e. The predicted molar refractivity (Wildman–Crippen MR) is 78.7 cm³/mol. The topological polar surface area (TPSA) is 21.3 Å². The van der Waals surface area contributed by atoms with E-state index in [2.05, 4.69) is 42.7 Å². The van der Waals surface area contributed by atoms with Gasteiger partial charge in [0.25, 0.3) is 0 Å². The van der Waals surface area contributed by atoms with Crippen LogP contribution in [-0.2, 0) is 6.54 Å². The van der Waals surface area contributed by atoms with Gasteiger partial charge in [-0.05, 0) is 61.5 Å². The molecule has 0 aliphatic rings. The van der Waals surface area contributed by atoms with Crippen molar-refractivity contribution >= 4 is 17.0 Å². The molecule has 0 atom stereocenters. The molecule has 2 aromatic rings. The van der Waals surface area contributed by atoms with Crippen LogP contribution in [0.5, 0.6) is 5.75 Å². The Labute approximate surface area is 113 Å². The molecule has 1 aromatic carbocycles. The van der Waals surface area contributed by atoms with E-state index in [1.165, 1.54) is 21.7 Å². The predicted octanol–water partition coefficient (Wildman–Crippen LogP) is 4.38. The second kappa shape index (κ2) is 5.91. The third-order valence-electron chi connectivity index (χ3n) is 2.92. The van der Waals surface area contributed by atoms with Crippen molar-refractivity contribution in [3.05, 3.63) is 45.6 Å². The van der Waals surface area contributed by atoms with Gasteiger partial charge in [0.2, 0.25) is 0 Å². The standard InChI is InChI=1S/C15H19NOS/c1-4-17-13-5-6-14(12(3)9-13)16-10-15-11(2)7-8-18-15/h5-9,16H,4,10H2,1-3H3. The van der Waals surface area contributed by atoms with Crippen LogP contribution in [0.25, 0.3) is 0 Å². The van der Waals surface area contributed by atoms with Crippen molar-refractivity contribution in [3.8, 4) is 5.75 Å². The number of aryl methyl sites for hydroxylation is 2. The minimum absolute atomic E-state index is 0.709. The highest BCUT2D eigenvalue weighted by molar-refractivity contribution is 7.10. The van der Waals surface area contributed by atoms with Gasteiger partial charge in [-0.3, -0.25) is 0 Å². The quantitative estimate of drug-likeness (QED) is 0.862. The van der Waals surface area contributed by atoms with Gasteiger partial charge in [-0.1, -0.05) is 0 Å². The number of nitrogens with one attached hydrogen (secondary N) is 1. The highest BCUT2D eigenvalue weighted by Crippen LogP contribution is 2.23. The molecule has 0 fully saturated rings. The summed E-state index contributed by atoms with van der Waals surface area (Å²) in [5, 5.41) is 5.62. The molecule has 1 aromatic heterocycles. The lowest BCUT2D eigenvalue weighted by Gasteiger charge is -2.11. The number of anilines is 1. The second-order valence-electron chi connectivity index (χ2n) is 4.29. The Kier molecular flexibility index (Phi) is 4.26. The lowest BCUT2D eigenvalue weighted by atomic mass is 10.2. The molecule has 0 aliphatic heterocycles. The fourth-order valence-corrected chi connectivity index (χ4v) is 2.70. The summed E-state index contributed by atoms with van der Waals surface area (Å²) in [6.07, 6.45) is 0. The molecule has 0 amide bonds. The van der Waals surface area contributed by atoms with E-state index < -0.39 is 0 Å². The molecule has 18 heavy (non-hydrogen) atoms. The van der Waals surface area contributed by atoms with Crippen molar-refractivity contribution in [2.45, 2.75) is 27.3 Å². The summed E-state index contributed by atoms with van der Waals surface area (Å²) in [7, 11) is 0. The first-order chi connectivity index (χ1) is 8.70. The van der Waals surface area contributed by atoms with Crippen molar-refractivity contribution in [2.24, 2.45) is 0 Å². The Bertz CT molecular complexity index is 519. The number of hydrogen-bond acceptors (Lipinski definition) is 3. The summed E-state index contributed by atoms with van der Waals surface area (Å²) in [6, 6.07) is 8.34. The average molecular weight is 261 g/mol. The molecule has 0 radical (unpaired) electrons. The summed E-state index contributed by atoms with van der Waals surface area (Å²) in [5.41, 5.74) is 3.75. The van der Waals surface area contributed by atoms with Gasteiger partial charge in [-0.25, -0.2) is 0 Å². The molecule has 3 heteroatoms. The van der Waals surface area contributed by atoms with Gasteiger partial charge >= 0.3 is 0 Å². The normalized spacial score (nSPS) is 10.4. The molecule has 1 N–H and O–H groups in total. The van der Waals surface area contributed by atoms with Crippen LogP contribution in [0.1, 0.15) is 22.9 Å². The van der Waals surface area contributed by atoms with Crippen LogP contribution in [0.2, 0.25) is 0 Å². The van der Waals surface area contributed by atoms with Gasteiger partial charge in [0.1, 0.15) is 5.75 Å². The van der Waals surface area contributed by atoms with E-state index in [9.17, 15) is 0 Å². The first-order valence-electron chi connectivity index (χ1n) is 6.21. The molecular weight excluding hydrogens is 242 g/mol.